The summed E-state index contributed by atoms with van der Waals surface area (Å²) in [4.78, 5) is 36.3. The van der Waals surface area contributed by atoms with Gasteiger partial charge in [-0.25, -0.2) is 9.59 Å². The van der Waals surface area contributed by atoms with Crippen LogP contribution in [0.15, 0.2) is 41.8 Å². The Balaban J connectivity index is 0.000000392. The van der Waals surface area contributed by atoms with Crippen LogP contribution in [0.5, 0.6) is 0 Å². The zero-order chi connectivity index (χ0) is 26.3. The number of carbonyl (C=O) groups is 3. The molecule has 2 aromatic rings. The lowest BCUT2D eigenvalue weighted by Gasteiger charge is -2.32. The van der Waals surface area contributed by atoms with Crippen LogP contribution in [0.3, 0.4) is 0 Å². The van der Waals surface area contributed by atoms with Crippen molar-refractivity contribution in [1.82, 2.24) is 9.80 Å². The summed E-state index contributed by atoms with van der Waals surface area (Å²) in [5.74, 6) is -1.48. The van der Waals surface area contributed by atoms with Gasteiger partial charge in [-0.15, -0.1) is 23.1 Å². The van der Waals surface area contributed by atoms with Gasteiger partial charge in [-0.3, -0.25) is 4.79 Å². The molecule has 2 saturated heterocycles. The topological polar surface area (TPSA) is 98.2 Å². The lowest BCUT2D eigenvalue weighted by molar-refractivity contribution is -0.134. The van der Waals surface area contributed by atoms with Crippen molar-refractivity contribution in [2.45, 2.75) is 62.5 Å². The van der Waals surface area contributed by atoms with Gasteiger partial charge >= 0.3 is 11.9 Å². The molecule has 196 valence electrons. The number of nitrogens with zero attached hydrogens (tertiary/aromatic N) is 2. The lowest BCUT2D eigenvalue weighted by atomic mass is 9.89. The van der Waals surface area contributed by atoms with E-state index in [2.05, 4.69) is 60.2 Å². The van der Waals surface area contributed by atoms with E-state index in [9.17, 15) is 14.4 Å². The second kappa shape index (κ2) is 12.7. The Hall–Kier alpha value is -2.36. The zero-order valence-corrected chi connectivity index (χ0v) is 22.8. The number of fused-ring (bicyclic) bond motifs is 1. The Labute approximate surface area is 221 Å². The molecular formula is C27H36N2O5S2. The largest absolute Gasteiger partial charge is 0.478 e. The van der Waals surface area contributed by atoms with Crippen molar-refractivity contribution in [2.24, 2.45) is 0 Å². The fourth-order valence-corrected chi connectivity index (χ4v) is 7.32. The number of likely N-dealkylation sites (tertiary alicyclic amines) is 1. The smallest absolute Gasteiger partial charge is 0.328 e. The Morgan fingerprint density at radius 1 is 1.06 bits per heavy atom. The maximum absolute atomic E-state index is 12.5. The number of amides is 1. The van der Waals surface area contributed by atoms with Gasteiger partial charge in [0.25, 0.3) is 0 Å². The number of rotatable bonds is 8. The van der Waals surface area contributed by atoms with Crippen LogP contribution in [0.1, 0.15) is 57.9 Å². The number of benzene rings is 1. The minimum absolute atomic E-state index is 0.243. The maximum atomic E-state index is 12.5. The highest BCUT2D eigenvalue weighted by Gasteiger charge is 2.43. The summed E-state index contributed by atoms with van der Waals surface area (Å²) in [5, 5.41) is 19.8. The first kappa shape index (κ1) is 28.2. The van der Waals surface area contributed by atoms with Gasteiger partial charge in [0.1, 0.15) is 0 Å². The Morgan fingerprint density at radius 2 is 1.67 bits per heavy atom. The van der Waals surface area contributed by atoms with Gasteiger partial charge in [-0.2, -0.15) is 0 Å². The SMILES string of the molecule is CC1SC(C)(C)C(=O)N1CCCCN1CCC(c2csc3ccccc23)CC1.O=C(O)/C=C\C(=O)O. The van der Waals surface area contributed by atoms with Crippen LogP contribution in [-0.4, -0.2) is 74.2 Å². The molecule has 3 heterocycles. The number of carboxylic acids is 2. The number of thiophene rings is 1. The highest BCUT2D eigenvalue weighted by atomic mass is 32.2. The average molecular weight is 533 g/mol. The number of hydrogen-bond donors (Lipinski definition) is 2. The molecule has 1 aromatic carbocycles. The normalized spacial score (nSPS) is 20.6. The first-order valence-corrected chi connectivity index (χ1v) is 14.2. The minimum atomic E-state index is -1.26. The third kappa shape index (κ3) is 7.57. The number of aliphatic carboxylic acids is 2. The standard InChI is InChI=1S/C23H32N2OS2.C4H4O4/c1-17-25(22(26)23(2,3)28-17)13-7-6-12-24-14-10-18(11-15-24)20-16-27-21-9-5-4-8-19(20)21;5-3(6)1-2-4(7)8/h4-5,8-9,16-18H,6-7,10-15H2,1-3H3;1-2H,(H,5,6)(H,7,8)/b;2-1-. The van der Waals surface area contributed by atoms with E-state index in [4.69, 9.17) is 10.2 Å². The predicted octanol–water partition coefficient (Wildman–Crippen LogP) is 5.27. The summed E-state index contributed by atoms with van der Waals surface area (Å²) >= 11 is 3.68. The summed E-state index contributed by atoms with van der Waals surface area (Å²) in [7, 11) is 0. The summed E-state index contributed by atoms with van der Waals surface area (Å²) in [5.41, 5.74) is 1.57. The molecule has 1 atom stereocenters. The summed E-state index contributed by atoms with van der Waals surface area (Å²) in [6, 6.07) is 8.83. The molecule has 1 unspecified atom stereocenters. The third-order valence-corrected chi connectivity index (χ3v) is 9.05. The molecule has 7 nitrogen and oxygen atoms in total. The van der Waals surface area contributed by atoms with Gasteiger partial charge < -0.3 is 20.0 Å². The molecule has 0 bridgehead atoms. The van der Waals surface area contributed by atoms with E-state index in [-0.39, 0.29) is 4.75 Å². The fourth-order valence-electron chi connectivity index (χ4n) is 4.88. The Kier molecular flexibility index (Phi) is 9.99. The molecule has 2 aliphatic rings. The molecule has 1 amide bonds. The van der Waals surface area contributed by atoms with Crippen LogP contribution in [0.4, 0.5) is 0 Å². The fraction of sp³-hybridized carbons (Fsp3) is 0.519. The van der Waals surface area contributed by atoms with Crippen molar-refractivity contribution in [2.75, 3.05) is 26.2 Å². The first-order valence-electron chi connectivity index (χ1n) is 12.4. The highest BCUT2D eigenvalue weighted by Crippen LogP contribution is 2.40. The van der Waals surface area contributed by atoms with E-state index in [1.54, 1.807) is 17.3 Å². The first-order chi connectivity index (χ1) is 17.1. The molecule has 1 aromatic heterocycles. The van der Waals surface area contributed by atoms with Gasteiger partial charge in [0.2, 0.25) is 5.91 Å². The van der Waals surface area contributed by atoms with Crippen LogP contribution < -0.4 is 0 Å². The van der Waals surface area contributed by atoms with Crippen molar-refractivity contribution in [3.05, 3.63) is 47.4 Å². The second-order valence-electron chi connectivity index (χ2n) is 9.75. The molecule has 0 spiro atoms. The summed E-state index contributed by atoms with van der Waals surface area (Å²) in [6.45, 7) is 10.8. The van der Waals surface area contributed by atoms with E-state index in [0.29, 0.717) is 23.4 Å². The van der Waals surface area contributed by atoms with Crippen molar-refractivity contribution in [3.63, 3.8) is 0 Å². The maximum Gasteiger partial charge on any atom is 0.328 e. The van der Waals surface area contributed by atoms with Crippen molar-refractivity contribution in [1.29, 1.82) is 0 Å². The molecule has 2 aliphatic heterocycles. The number of carboxylic acid groups (broad SMARTS) is 2. The molecule has 0 saturated carbocycles. The van der Waals surface area contributed by atoms with Gasteiger partial charge in [-0.1, -0.05) is 18.2 Å². The molecule has 9 heteroatoms. The minimum Gasteiger partial charge on any atom is -0.478 e. The Morgan fingerprint density at radius 3 is 2.25 bits per heavy atom. The van der Waals surface area contributed by atoms with Crippen molar-refractivity contribution >= 4 is 51.0 Å². The van der Waals surface area contributed by atoms with Crippen LogP contribution >= 0.6 is 23.1 Å². The number of piperidine rings is 1. The van der Waals surface area contributed by atoms with Crippen LogP contribution in [-0.2, 0) is 14.4 Å². The van der Waals surface area contributed by atoms with Crippen LogP contribution in [0.2, 0.25) is 0 Å². The molecule has 0 aliphatic carbocycles. The molecule has 2 N–H and O–H groups in total. The van der Waals surface area contributed by atoms with E-state index >= 15 is 0 Å². The monoisotopic (exact) mass is 532 g/mol. The number of hydrogen-bond acceptors (Lipinski definition) is 6. The molecular weight excluding hydrogens is 496 g/mol. The van der Waals surface area contributed by atoms with Gasteiger partial charge in [-0.05, 0) is 94.4 Å². The van der Waals surface area contributed by atoms with Gasteiger partial charge in [0.15, 0.2) is 0 Å². The predicted molar refractivity (Wildman–Crippen MR) is 147 cm³/mol. The van der Waals surface area contributed by atoms with Gasteiger partial charge in [0.05, 0.1) is 10.1 Å². The average Bonchev–Trinajstić information content (AvgIpc) is 3.34. The molecule has 2 fully saturated rings. The molecule has 36 heavy (non-hydrogen) atoms. The molecule has 4 rings (SSSR count). The van der Waals surface area contributed by atoms with E-state index in [1.807, 2.05) is 11.3 Å². The third-order valence-electron chi connectivity index (χ3n) is 6.71. The second-order valence-corrected chi connectivity index (χ2v) is 12.6. The van der Waals surface area contributed by atoms with Crippen LogP contribution in [0, 0.1) is 0 Å². The summed E-state index contributed by atoms with van der Waals surface area (Å²) < 4.78 is 1.18. The van der Waals surface area contributed by atoms with E-state index in [1.165, 1.54) is 49.0 Å². The quantitative estimate of drug-likeness (QED) is 0.353. The van der Waals surface area contributed by atoms with E-state index in [0.717, 1.165) is 18.9 Å². The number of carbonyl (C=O) groups excluding carboxylic acids is 1. The van der Waals surface area contributed by atoms with Crippen molar-refractivity contribution in [3.8, 4) is 0 Å². The summed E-state index contributed by atoms with van der Waals surface area (Å²) in [6.07, 6.45) is 5.96. The van der Waals surface area contributed by atoms with Crippen molar-refractivity contribution < 1.29 is 24.6 Å². The van der Waals surface area contributed by atoms with E-state index < -0.39 is 11.9 Å². The highest BCUT2D eigenvalue weighted by molar-refractivity contribution is 8.02. The van der Waals surface area contributed by atoms with Crippen LogP contribution in [0.25, 0.3) is 10.1 Å². The number of unbranched alkanes of at least 4 members (excludes halogenated alkanes) is 1. The molecule has 0 radical (unpaired) electrons. The van der Waals surface area contributed by atoms with Gasteiger partial charge in [0, 0.05) is 23.4 Å². The Bertz CT molecular complexity index is 1070. The number of thioether (sulfide) groups is 1. The zero-order valence-electron chi connectivity index (χ0n) is 21.2. The lowest BCUT2D eigenvalue weighted by Crippen LogP contribution is -2.38.